The summed E-state index contributed by atoms with van der Waals surface area (Å²) in [4.78, 5) is 2.41. The lowest BCUT2D eigenvalue weighted by Gasteiger charge is -2.28. The molecule has 0 saturated carbocycles. The van der Waals surface area contributed by atoms with Crippen LogP contribution in [0.5, 0.6) is 0 Å². The first kappa shape index (κ1) is 33.6. The number of hydrogen-bond acceptors (Lipinski definition) is 1. The molecule has 10 aromatic carbocycles. The van der Waals surface area contributed by atoms with Crippen LogP contribution in [-0.2, 0) is 0 Å². The first-order valence-electron chi connectivity index (χ1n) is 19.9. The van der Waals surface area contributed by atoms with Gasteiger partial charge in [0, 0.05) is 33.2 Å². The summed E-state index contributed by atoms with van der Waals surface area (Å²) >= 11 is 0. The van der Waals surface area contributed by atoms with Gasteiger partial charge < -0.3 is 9.47 Å². The number of aromatic nitrogens is 1. The maximum Gasteiger partial charge on any atom is 0.0541 e. The molecule has 0 amide bonds. The van der Waals surface area contributed by atoms with Gasteiger partial charge in [-0.15, -0.1) is 0 Å². The summed E-state index contributed by atoms with van der Waals surface area (Å²) in [7, 11) is 0. The van der Waals surface area contributed by atoms with Gasteiger partial charge in [-0.2, -0.15) is 0 Å². The maximum atomic E-state index is 2.41. The monoisotopic (exact) mass is 738 g/mol. The first-order valence-corrected chi connectivity index (χ1v) is 19.9. The molecule has 11 aromatic rings. The summed E-state index contributed by atoms with van der Waals surface area (Å²) in [6.45, 7) is 0. The largest absolute Gasteiger partial charge is 0.310 e. The van der Waals surface area contributed by atoms with E-state index < -0.39 is 0 Å². The number of para-hydroxylation sites is 2. The molecule has 58 heavy (non-hydrogen) atoms. The van der Waals surface area contributed by atoms with Crippen LogP contribution in [0.15, 0.2) is 231 Å². The van der Waals surface area contributed by atoms with Crippen molar-refractivity contribution in [2.75, 3.05) is 4.90 Å². The van der Waals surface area contributed by atoms with Gasteiger partial charge >= 0.3 is 0 Å². The third-order valence-electron chi connectivity index (χ3n) is 11.6. The topological polar surface area (TPSA) is 8.17 Å². The summed E-state index contributed by atoms with van der Waals surface area (Å²) < 4.78 is 2.38. The zero-order valence-electron chi connectivity index (χ0n) is 31.8. The smallest absolute Gasteiger partial charge is 0.0541 e. The van der Waals surface area contributed by atoms with Crippen LogP contribution in [-0.4, -0.2) is 4.57 Å². The van der Waals surface area contributed by atoms with Gasteiger partial charge in [-0.3, -0.25) is 0 Å². The van der Waals surface area contributed by atoms with E-state index in [1.807, 2.05) is 0 Å². The minimum Gasteiger partial charge on any atom is -0.310 e. The Morgan fingerprint density at radius 1 is 0.259 bits per heavy atom. The Morgan fingerprint density at radius 3 is 1.12 bits per heavy atom. The Morgan fingerprint density at radius 2 is 0.621 bits per heavy atom. The summed E-state index contributed by atoms with van der Waals surface area (Å²) in [5.74, 6) is 0. The lowest BCUT2D eigenvalue weighted by molar-refractivity contribution is 1.17. The van der Waals surface area contributed by atoms with E-state index in [0.717, 1.165) is 22.7 Å². The molecule has 0 aliphatic rings. The van der Waals surface area contributed by atoms with E-state index in [-0.39, 0.29) is 0 Å². The number of nitrogens with zero attached hydrogens (tertiary/aromatic N) is 2. The van der Waals surface area contributed by atoms with E-state index in [2.05, 4.69) is 240 Å². The normalized spacial score (nSPS) is 11.4. The molecule has 272 valence electrons. The van der Waals surface area contributed by atoms with E-state index in [4.69, 9.17) is 0 Å². The third kappa shape index (κ3) is 5.66. The number of hydrogen-bond donors (Lipinski definition) is 0. The second-order valence-corrected chi connectivity index (χ2v) is 14.9. The lowest BCUT2D eigenvalue weighted by atomic mass is 9.92. The molecule has 0 N–H and O–H groups in total. The highest BCUT2D eigenvalue weighted by Gasteiger charge is 2.19. The first-order chi connectivity index (χ1) is 28.8. The van der Waals surface area contributed by atoms with Gasteiger partial charge in [-0.05, 0) is 104 Å². The average Bonchev–Trinajstić information content (AvgIpc) is 3.64. The third-order valence-corrected chi connectivity index (χ3v) is 11.6. The molecule has 0 radical (unpaired) electrons. The number of benzene rings is 10. The number of fused-ring (bicyclic) bond motifs is 5. The molecule has 0 atom stereocenters. The molecular formula is C56H38N2. The van der Waals surface area contributed by atoms with Crippen LogP contribution in [0.25, 0.3) is 82.4 Å². The van der Waals surface area contributed by atoms with Gasteiger partial charge in [0.1, 0.15) is 0 Å². The highest BCUT2D eigenvalue weighted by atomic mass is 15.1. The van der Waals surface area contributed by atoms with Gasteiger partial charge in [-0.1, -0.05) is 176 Å². The zero-order chi connectivity index (χ0) is 38.4. The summed E-state index contributed by atoms with van der Waals surface area (Å²) in [6, 6.07) is 83.6. The van der Waals surface area contributed by atoms with Crippen LogP contribution >= 0.6 is 0 Å². The average molecular weight is 739 g/mol. The maximum absolute atomic E-state index is 2.41. The molecule has 2 heteroatoms. The predicted molar refractivity (Wildman–Crippen MR) is 247 cm³/mol. The highest BCUT2D eigenvalue weighted by molar-refractivity contribution is 6.10. The van der Waals surface area contributed by atoms with E-state index in [9.17, 15) is 0 Å². The molecule has 1 heterocycles. The lowest BCUT2D eigenvalue weighted by Crippen LogP contribution is -2.11. The van der Waals surface area contributed by atoms with Gasteiger partial charge in [0.25, 0.3) is 0 Å². The molecule has 0 fully saturated rings. The van der Waals surface area contributed by atoms with Crippen molar-refractivity contribution < 1.29 is 0 Å². The predicted octanol–water partition coefficient (Wildman–Crippen LogP) is 15.6. The van der Waals surface area contributed by atoms with E-state index in [0.29, 0.717) is 0 Å². The Hall–Kier alpha value is -7.68. The van der Waals surface area contributed by atoms with Crippen molar-refractivity contribution in [3.05, 3.63) is 231 Å². The molecule has 2 nitrogen and oxygen atoms in total. The SMILES string of the molecule is c1ccc(-c2ccc(-c3ccc(N(c4ccc(-n5c6ccccc6c6ccccc65)cc4)c4ccc(-c5ccccc5)c5ccccc45)cc3)c3ccccc23)cc1. The van der Waals surface area contributed by atoms with Crippen molar-refractivity contribution in [2.45, 2.75) is 0 Å². The molecule has 0 bridgehead atoms. The molecule has 0 unspecified atom stereocenters. The highest BCUT2D eigenvalue weighted by Crippen LogP contribution is 2.44. The Labute approximate surface area is 338 Å². The standard InChI is InChI=1S/C56H38N2/c1-3-15-39(16-4-1)45-35-36-46(49-20-8-7-19-48(45)49)41-27-29-42(30-28-41)57(56-38-37-47(40-17-5-2-6-18-40)50-21-9-10-22-51(50)56)43-31-33-44(34-32-43)58-54-25-13-11-23-52(54)53-24-12-14-26-55(53)58/h1-38H. The molecule has 11 rings (SSSR count). The van der Waals surface area contributed by atoms with Gasteiger partial charge in [0.05, 0.1) is 16.7 Å². The van der Waals surface area contributed by atoms with Crippen LogP contribution in [0.2, 0.25) is 0 Å². The molecular weight excluding hydrogens is 701 g/mol. The minimum atomic E-state index is 1.09. The second kappa shape index (κ2) is 14.1. The van der Waals surface area contributed by atoms with Crippen molar-refractivity contribution >= 4 is 60.4 Å². The summed E-state index contributed by atoms with van der Waals surface area (Å²) in [5, 5.41) is 7.44. The van der Waals surface area contributed by atoms with Gasteiger partial charge in [0.2, 0.25) is 0 Å². The Bertz CT molecular complexity index is 3200. The summed E-state index contributed by atoms with van der Waals surface area (Å²) in [6.07, 6.45) is 0. The van der Waals surface area contributed by atoms with E-state index in [1.54, 1.807) is 0 Å². The molecule has 0 saturated heterocycles. The fourth-order valence-electron chi connectivity index (χ4n) is 8.94. The number of rotatable bonds is 7. The fraction of sp³-hybridized carbons (Fsp3) is 0. The van der Waals surface area contributed by atoms with Crippen molar-refractivity contribution in [3.63, 3.8) is 0 Å². The van der Waals surface area contributed by atoms with Crippen molar-refractivity contribution in [1.82, 2.24) is 4.57 Å². The molecule has 0 aliphatic heterocycles. The van der Waals surface area contributed by atoms with Crippen LogP contribution in [0, 0.1) is 0 Å². The quantitative estimate of drug-likeness (QED) is 0.158. The second-order valence-electron chi connectivity index (χ2n) is 14.9. The Balaban J connectivity index is 1.06. The molecule has 1 aromatic heterocycles. The molecule has 0 spiro atoms. The molecule has 0 aliphatic carbocycles. The number of anilines is 3. The van der Waals surface area contributed by atoms with Crippen LogP contribution in [0.4, 0.5) is 17.1 Å². The van der Waals surface area contributed by atoms with E-state index in [1.165, 1.54) is 76.7 Å². The van der Waals surface area contributed by atoms with Crippen molar-refractivity contribution in [3.8, 4) is 39.1 Å². The van der Waals surface area contributed by atoms with E-state index >= 15 is 0 Å². The van der Waals surface area contributed by atoms with Crippen LogP contribution < -0.4 is 4.90 Å². The van der Waals surface area contributed by atoms with Crippen LogP contribution in [0.1, 0.15) is 0 Å². The van der Waals surface area contributed by atoms with Crippen molar-refractivity contribution in [1.29, 1.82) is 0 Å². The van der Waals surface area contributed by atoms with Gasteiger partial charge in [0.15, 0.2) is 0 Å². The summed E-state index contributed by atoms with van der Waals surface area (Å²) in [5.41, 5.74) is 14.2. The zero-order valence-corrected chi connectivity index (χ0v) is 31.8. The Kier molecular flexibility index (Phi) is 8.19. The van der Waals surface area contributed by atoms with Crippen LogP contribution in [0.3, 0.4) is 0 Å². The van der Waals surface area contributed by atoms with Crippen molar-refractivity contribution in [2.24, 2.45) is 0 Å². The fourth-order valence-corrected chi connectivity index (χ4v) is 8.94. The minimum absolute atomic E-state index is 1.09. The van der Waals surface area contributed by atoms with Gasteiger partial charge in [-0.25, -0.2) is 0 Å².